The standard InChI is InChI=1S/C13H20ClN/c1-10(2)12-7-6-11(9-13(12)14)5-3-4-8-15/h6-7,9-10H,3-5,8,15H2,1-2H3. The zero-order valence-electron chi connectivity index (χ0n) is 9.59. The highest BCUT2D eigenvalue weighted by Gasteiger charge is 2.05. The largest absolute Gasteiger partial charge is 0.330 e. The third-order valence-electron chi connectivity index (χ3n) is 2.61. The van der Waals surface area contributed by atoms with E-state index in [0.29, 0.717) is 5.92 Å². The molecule has 2 N–H and O–H groups in total. The van der Waals surface area contributed by atoms with Crippen molar-refractivity contribution in [3.05, 3.63) is 34.3 Å². The predicted molar refractivity (Wildman–Crippen MR) is 67.5 cm³/mol. The summed E-state index contributed by atoms with van der Waals surface area (Å²) in [5, 5.41) is 0.898. The van der Waals surface area contributed by atoms with Crippen molar-refractivity contribution in [1.82, 2.24) is 0 Å². The van der Waals surface area contributed by atoms with E-state index in [9.17, 15) is 0 Å². The van der Waals surface area contributed by atoms with Gasteiger partial charge in [-0.25, -0.2) is 0 Å². The molecule has 0 fully saturated rings. The molecule has 0 saturated carbocycles. The van der Waals surface area contributed by atoms with Crippen molar-refractivity contribution in [1.29, 1.82) is 0 Å². The molecule has 0 aliphatic rings. The molecule has 0 aliphatic carbocycles. The number of rotatable bonds is 5. The predicted octanol–water partition coefficient (Wildman–Crippen LogP) is 3.74. The van der Waals surface area contributed by atoms with Crippen LogP contribution in [0.5, 0.6) is 0 Å². The van der Waals surface area contributed by atoms with Crippen LogP contribution in [0.15, 0.2) is 18.2 Å². The molecule has 0 atom stereocenters. The maximum Gasteiger partial charge on any atom is 0.0443 e. The molecule has 0 saturated heterocycles. The van der Waals surface area contributed by atoms with Gasteiger partial charge >= 0.3 is 0 Å². The molecule has 0 amide bonds. The quantitative estimate of drug-likeness (QED) is 0.759. The molecule has 0 heterocycles. The summed E-state index contributed by atoms with van der Waals surface area (Å²) in [6, 6.07) is 6.41. The third kappa shape index (κ3) is 3.84. The first-order valence-corrected chi connectivity index (χ1v) is 6.01. The van der Waals surface area contributed by atoms with Gasteiger partial charge in [0.1, 0.15) is 0 Å². The Morgan fingerprint density at radius 1 is 1.27 bits per heavy atom. The van der Waals surface area contributed by atoms with Gasteiger partial charge in [0.2, 0.25) is 0 Å². The summed E-state index contributed by atoms with van der Waals surface area (Å²) in [4.78, 5) is 0. The Kier molecular flexibility index (Phi) is 5.13. The second-order valence-corrected chi connectivity index (χ2v) is 4.66. The lowest BCUT2D eigenvalue weighted by molar-refractivity contribution is 0.744. The van der Waals surface area contributed by atoms with Gasteiger partial charge < -0.3 is 5.73 Å². The number of nitrogens with two attached hydrogens (primary N) is 1. The lowest BCUT2D eigenvalue weighted by Crippen LogP contribution is -1.99. The fourth-order valence-electron chi connectivity index (χ4n) is 1.67. The summed E-state index contributed by atoms with van der Waals surface area (Å²) in [5.41, 5.74) is 8.01. The van der Waals surface area contributed by atoms with Crippen LogP contribution in [0.3, 0.4) is 0 Å². The molecular formula is C13H20ClN. The highest BCUT2D eigenvalue weighted by atomic mass is 35.5. The van der Waals surface area contributed by atoms with Crippen molar-refractivity contribution >= 4 is 11.6 Å². The molecule has 84 valence electrons. The van der Waals surface area contributed by atoms with Gasteiger partial charge in [0, 0.05) is 5.02 Å². The average molecular weight is 226 g/mol. The molecule has 15 heavy (non-hydrogen) atoms. The van der Waals surface area contributed by atoms with E-state index in [0.717, 1.165) is 30.8 Å². The summed E-state index contributed by atoms with van der Waals surface area (Å²) in [6.07, 6.45) is 3.31. The van der Waals surface area contributed by atoms with E-state index in [1.807, 2.05) is 0 Å². The topological polar surface area (TPSA) is 26.0 Å². The molecule has 0 aliphatic heterocycles. The Labute approximate surface area is 97.6 Å². The van der Waals surface area contributed by atoms with E-state index in [4.69, 9.17) is 17.3 Å². The van der Waals surface area contributed by atoms with Crippen LogP contribution >= 0.6 is 11.6 Å². The fraction of sp³-hybridized carbons (Fsp3) is 0.538. The van der Waals surface area contributed by atoms with E-state index in [-0.39, 0.29) is 0 Å². The normalized spacial score (nSPS) is 11.0. The van der Waals surface area contributed by atoms with Crippen molar-refractivity contribution in [3.63, 3.8) is 0 Å². The van der Waals surface area contributed by atoms with Gasteiger partial charge in [-0.15, -0.1) is 0 Å². The van der Waals surface area contributed by atoms with Crippen molar-refractivity contribution in [3.8, 4) is 0 Å². The zero-order valence-corrected chi connectivity index (χ0v) is 10.3. The van der Waals surface area contributed by atoms with E-state index < -0.39 is 0 Å². The van der Waals surface area contributed by atoms with Crippen LogP contribution in [0, 0.1) is 0 Å². The Morgan fingerprint density at radius 3 is 2.53 bits per heavy atom. The Morgan fingerprint density at radius 2 is 2.00 bits per heavy atom. The van der Waals surface area contributed by atoms with Crippen LogP contribution < -0.4 is 5.73 Å². The maximum atomic E-state index is 6.21. The first kappa shape index (κ1) is 12.5. The lowest BCUT2D eigenvalue weighted by Gasteiger charge is -2.09. The summed E-state index contributed by atoms with van der Waals surface area (Å²) in [7, 11) is 0. The van der Waals surface area contributed by atoms with Crippen LogP contribution in [0.4, 0.5) is 0 Å². The molecule has 1 nitrogen and oxygen atoms in total. The third-order valence-corrected chi connectivity index (χ3v) is 2.93. The Hall–Kier alpha value is -0.530. The second kappa shape index (κ2) is 6.14. The number of hydrogen-bond acceptors (Lipinski definition) is 1. The van der Waals surface area contributed by atoms with Gasteiger partial charge in [-0.05, 0) is 48.9 Å². The molecular weight excluding hydrogens is 206 g/mol. The number of aryl methyl sites for hydroxylation is 1. The molecule has 0 bridgehead atoms. The molecule has 1 rings (SSSR count). The van der Waals surface area contributed by atoms with Crippen molar-refractivity contribution in [2.45, 2.75) is 39.0 Å². The minimum atomic E-state index is 0.496. The average Bonchev–Trinajstić information content (AvgIpc) is 2.17. The van der Waals surface area contributed by atoms with E-state index in [1.165, 1.54) is 11.1 Å². The van der Waals surface area contributed by atoms with Crippen LogP contribution in [0.1, 0.15) is 43.7 Å². The van der Waals surface area contributed by atoms with E-state index in [1.54, 1.807) is 0 Å². The van der Waals surface area contributed by atoms with Crippen LogP contribution in [0.25, 0.3) is 0 Å². The van der Waals surface area contributed by atoms with Crippen LogP contribution in [-0.2, 0) is 6.42 Å². The molecule has 0 spiro atoms. The summed E-state index contributed by atoms with van der Waals surface area (Å²) >= 11 is 6.21. The smallest absolute Gasteiger partial charge is 0.0443 e. The van der Waals surface area contributed by atoms with Crippen molar-refractivity contribution in [2.24, 2.45) is 5.73 Å². The maximum absolute atomic E-state index is 6.21. The molecule has 0 aromatic heterocycles. The highest BCUT2D eigenvalue weighted by molar-refractivity contribution is 6.31. The first-order valence-electron chi connectivity index (χ1n) is 5.63. The second-order valence-electron chi connectivity index (χ2n) is 4.26. The highest BCUT2D eigenvalue weighted by Crippen LogP contribution is 2.25. The summed E-state index contributed by atoms with van der Waals surface area (Å²) in [5.74, 6) is 0.496. The number of benzene rings is 1. The minimum absolute atomic E-state index is 0.496. The molecule has 2 heteroatoms. The van der Waals surface area contributed by atoms with Crippen molar-refractivity contribution < 1.29 is 0 Å². The van der Waals surface area contributed by atoms with Gasteiger partial charge in [-0.2, -0.15) is 0 Å². The van der Waals surface area contributed by atoms with Gasteiger partial charge in [-0.1, -0.05) is 37.6 Å². The van der Waals surface area contributed by atoms with E-state index in [2.05, 4.69) is 32.0 Å². The minimum Gasteiger partial charge on any atom is -0.330 e. The Bertz CT molecular complexity index is 307. The van der Waals surface area contributed by atoms with Crippen molar-refractivity contribution in [2.75, 3.05) is 6.54 Å². The molecule has 1 aromatic carbocycles. The number of unbranched alkanes of at least 4 members (excludes halogenated alkanes) is 1. The first-order chi connectivity index (χ1) is 7.15. The molecule has 0 radical (unpaired) electrons. The van der Waals surface area contributed by atoms with Gasteiger partial charge in [0.15, 0.2) is 0 Å². The summed E-state index contributed by atoms with van der Waals surface area (Å²) in [6.45, 7) is 5.10. The van der Waals surface area contributed by atoms with Crippen LogP contribution in [-0.4, -0.2) is 6.54 Å². The molecule has 1 aromatic rings. The van der Waals surface area contributed by atoms with Gasteiger partial charge in [-0.3, -0.25) is 0 Å². The monoisotopic (exact) mass is 225 g/mol. The fourth-order valence-corrected chi connectivity index (χ4v) is 2.09. The molecule has 0 unspecified atom stereocenters. The summed E-state index contributed by atoms with van der Waals surface area (Å²) < 4.78 is 0. The van der Waals surface area contributed by atoms with Gasteiger partial charge in [0.05, 0.1) is 0 Å². The zero-order chi connectivity index (χ0) is 11.3. The SMILES string of the molecule is CC(C)c1ccc(CCCCN)cc1Cl. The number of halogens is 1. The number of hydrogen-bond donors (Lipinski definition) is 1. The van der Waals surface area contributed by atoms with Gasteiger partial charge in [0.25, 0.3) is 0 Å². The van der Waals surface area contributed by atoms with E-state index >= 15 is 0 Å². The Balaban J connectivity index is 2.65. The lowest BCUT2D eigenvalue weighted by atomic mass is 10.00. The van der Waals surface area contributed by atoms with Crippen LogP contribution in [0.2, 0.25) is 5.02 Å².